The Morgan fingerprint density at radius 2 is 1.94 bits per heavy atom. The minimum atomic E-state index is -3.35. The highest BCUT2D eigenvalue weighted by Crippen LogP contribution is 2.32. The van der Waals surface area contributed by atoms with Gasteiger partial charge in [0.25, 0.3) is 17.7 Å². The van der Waals surface area contributed by atoms with Gasteiger partial charge < -0.3 is 15.5 Å². The second kappa shape index (κ2) is 9.47. The molecule has 8 nitrogen and oxygen atoms in total. The molecule has 0 saturated carbocycles. The number of carbonyl (C=O) groups excluding carboxylic acids is 3. The van der Waals surface area contributed by atoms with Gasteiger partial charge in [-0.3, -0.25) is 14.4 Å². The molecule has 12 heteroatoms. The molecule has 1 saturated heterocycles. The fraction of sp³-hybridized carbons (Fsp3) is 0.250. The Kier molecular flexibility index (Phi) is 6.92. The van der Waals surface area contributed by atoms with E-state index >= 15 is 0 Å². The highest BCUT2D eigenvalue weighted by molar-refractivity contribution is 9.10. The van der Waals surface area contributed by atoms with Gasteiger partial charge in [-0.1, -0.05) is 12.6 Å². The van der Waals surface area contributed by atoms with Crippen molar-refractivity contribution in [3.8, 4) is 0 Å². The SMILES string of the molecule is C=C(F)C(=O)N1CC(C(=O)Nc2ccc(NC(=O)c3cccc(Br)n3)nc2)CC(F)(F)C1. The van der Waals surface area contributed by atoms with Crippen LogP contribution in [0.3, 0.4) is 0 Å². The average molecular weight is 512 g/mol. The van der Waals surface area contributed by atoms with E-state index in [1.807, 2.05) is 0 Å². The maximum atomic E-state index is 14.0. The fourth-order valence-corrected chi connectivity index (χ4v) is 3.45. The third kappa shape index (κ3) is 5.90. The molecule has 0 radical (unpaired) electrons. The van der Waals surface area contributed by atoms with Gasteiger partial charge in [-0.2, -0.15) is 0 Å². The van der Waals surface area contributed by atoms with Crippen molar-refractivity contribution in [3.05, 3.63) is 59.2 Å². The van der Waals surface area contributed by atoms with Crippen molar-refractivity contribution < 1.29 is 27.6 Å². The third-order valence-electron chi connectivity index (χ3n) is 4.52. The lowest BCUT2D eigenvalue weighted by Crippen LogP contribution is -2.52. The molecule has 2 aromatic heterocycles. The van der Waals surface area contributed by atoms with Crippen LogP contribution in [0.5, 0.6) is 0 Å². The maximum Gasteiger partial charge on any atom is 0.282 e. The number of rotatable bonds is 5. The van der Waals surface area contributed by atoms with Crippen LogP contribution in [0.1, 0.15) is 16.9 Å². The van der Waals surface area contributed by atoms with E-state index in [0.29, 0.717) is 9.50 Å². The molecular weight excluding hydrogens is 495 g/mol. The minimum absolute atomic E-state index is 0.159. The summed E-state index contributed by atoms with van der Waals surface area (Å²) in [6.45, 7) is 1.46. The Balaban J connectivity index is 1.63. The summed E-state index contributed by atoms with van der Waals surface area (Å²) in [5.74, 6) is -8.35. The zero-order valence-corrected chi connectivity index (χ0v) is 18.0. The van der Waals surface area contributed by atoms with Crippen molar-refractivity contribution in [3.63, 3.8) is 0 Å². The second-order valence-corrected chi connectivity index (χ2v) is 7.88. The molecule has 3 rings (SSSR count). The van der Waals surface area contributed by atoms with Gasteiger partial charge in [0.15, 0.2) is 5.83 Å². The highest BCUT2D eigenvalue weighted by Gasteiger charge is 2.44. The second-order valence-electron chi connectivity index (χ2n) is 7.07. The lowest BCUT2D eigenvalue weighted by molar-refractivity contribution is -0.147. The molecule has 0 aromatic carbocycles. The molecule has 3 heterocycles. The summed E-state index contributed by atoms with van der Waals surface area (Å²) in [5, 5.41) is 4.97. The van der Waals surface area contributed by atoms with E-state index in [9.17, 15) is 27.6 Å². The molecule has 1 atom stereocenters. The summed E-state index contributed by atoms with van der Waals surface area (Å²) in [6, 6.07) is 7.65. The van der Waals surface area contributed by atoms with Crippen LogP contribution in [0.4, 0.5) is 24.7 Å². The Morgan fingerprint density at radius 3 is 2.56 bits per heavy atom. The molecule has 1 aliphatic rings. The number of nitrogens with zero attached hydrogens (tertiary/aromatic N) is 3. The predicted molar refractivity (Wildman–Crippen MR) is 113 cm³/mol. The third-order valence-corrected chi connectivity index (χ3v) is 4.96. The van der Waals surface area contributed by atoms with Gasteiger partial charge in [-0.05, 0) is 40.2 Å². The number of aromatic nitrogens is 2. The topological polar surface area (TPSA) is 104 Å². The number of halogens is 4. The summed E-state index contributed by atoms with van der Waals surface area (Å²) in [5.41, 5.74) is 0.349. The molecule has 168 valence electrons. The van der Waals surface area contributed by atoms with Crippen LogP contribution >= 0.6 is 15.9 Å². The lowest BCUT2D eigenvalue weighted by Gasteiger charge is -2.36. The van der Waals surface area contributed by atoms with E-state index in [2.05, 4.69) is 43.1 Å². The Labute approximate surface area is 189 Å². The van der Waals surface area contributed by atoms with E-state index in [4.69, 9.17) is 0 Å². The van der Waals surface area contributed by atoms with E-state index in [1.54, 1.807) is 12.1 Å². The largest absolute Gasteiger partial charge is 0.330 e. The van der Waals surface area contributed by atoms with Crippen molar-refractivity contribution in [2.45, 2.75) is 12.3 Å². The van der Waals surface area contributed by atoms with Crippen LogP contribution in [0, 0.1) is 5.92 Å². The smallest absolute Gasteiger partial charge is 0.282 e. The first kappa shape index (κ1) is 23.4. The van der Waals surface area contributed by atoms with Gasteiger partial charge in [0.2, 0.25) is 5.91 Å². The number of anilines is 2. The normalized spacial score (nSPS) is 17.4. The fourth-order valence-electron chi connectivity index (χ4n) is 3.10. The summed E-state index contributed by atoms with van der Waals surface area (Å²) < 4.78 is 41.5. The maximum absolute atomic E-state index is 14.0. The zero-order valence-electron chi connectivity index (χ0n) is 16.4. The van der Waals surface area contributed by atoms with Crippen molar-refractivity contribution >= 4 is 45.2 Å². The highest BCUT2D eigenvalue weighted by atomic mass is 79.9. The lowest BCUT2D eigenvalue weighted by atomic mass is 9.94. The first-order valence-electron chi connectivity index (χ1n) is 9.26. The average Bonchev–Trinajstić information content (AvgIpc) is 2.73. The van der Waals surface area contributed by atoms with E-state index in [0.717, 1.165) is 0 Å². The van der Waals surface area contributed by atoms with Crippen molar-refractivity contribution in [1.29, 1.82) is 0 Å². The van der Waals surface area contributed by atoms with Gasteiger partial charge in [0.05, 0.1) is 24.3 Å². The molecule has 0 spiro atoms. The molecule has 1 fully saturated rings. The molecule has 2 N–H and O–H groups in total. The quantitative estimate of drug-likeness (QED) is 0.472. The van der Waals surface area contributed by atoms with Gasteiger partial charge in [-0.15, -0.1) is 0 Å². The number of nitrogens with one attached hydrogen (secondary N) is 2. The van der Waals surface area contributed by atoms with Crippen molar-refractivity contribution in [2.24, 2.45) is 5.92 Å². The van der Waals surface area contributed by atoms with E-state index in [-0.39, 0.29) is 23.7 Å². The summed E-state index contributed by atoms with van der Waals surface area (Å²) in [6.07, 6.45) is 0.442. The van der Waals surface area contributed by atoms with Gasteiger partial charge in [0.1, 0.15) is 16.1 Å². The Morgan fingerprint density at radius 1 is 1.19 bits per heavy atom. The number of pyridine rings is 2. The molecule has 1 unspecified atom stereocenters. The predicted octanol–water partition coefficient (Wildman–Crippen LogP) is 3.40. The number of likely N-dealkylation sites (tertiary alicyclic amines) is 1. The minimum Gasteiger partial charge on any atom is -0.330 e. The van der Waals surface area contributed by atoms with Gasteiger partial charge in [-0.25, -0.2) is 23.1 Å². The molecule has 1 aliphatic heterocycles. The number of alkyl halides is 2. The van der Waals surface area contributed by atoms with Gasteiger partial charge in [0, 0.05) is 13.0 Å². The number of hydrogen-bond acceptors (Lipinski definition) is 5. The number of carbonyl (C=O) groups is 3. The van der Waals surface area contributed by atoms with E-state index < -0.39 is 48.4 Å². The molecule has 32 heavy (non-hydrogen) atoms. The number of amides is 3. The Hall–Kier alpha value is -3.28. The Bertz CT molecular complexity index is 1060. The van der Waals surface area contributed by atoms with Crippen LogP contribution in [0.2, 0.25) is 0 Å². The molecule has 0 aliphatic carbocycles. The van der Waals surface area contributed by atoms with Gasteiger partial charge >= 0.3 is 0 Å². The van der Waals surface area contributed by atoms with Crippen molar-refractivity contribution in [1.82, 2.24) is 14.9 Å². The first-order chi connectivity index (χ1) is 15.0. The molecule has 2 aromatic rings. The number of hydrogen-bond donors (Lipinski definition) is 2. The van der Waals surface area contributed by atoms with Crippen LogP contribution < -0.4 is 10.6 Å². The zero-order chi connectivity index (χ0) is 23.5. The molecular formula is C20H17BrF3N5O3. The summed E-state index contributed by atoms with van der Waals surface area (Å²) in [7, 11) is 0. The molecule has 0 bridgehead atoms. The van der Waals surface area contributed by atoms with Crippen molar-refractivity contribution in [2.75, 3.05) is 23.7 Å². The van der Waals surface area contributed by atoms with Crippen LogP contribution in [-0.4, -0.2) is 51.6 Å². The van der Waals surface area contributed by atoms with Crippen LogP contribution in [-0.2, 0) is 9.59 Å². The first-order valence-corrected chi connectivity index (χ1v) is 10.1. The summed E-state index contributed by atoms with van der Waals surface area (Å²) in [4.78, 5) is 44.9. The number of piperidine rings is 1. The van der Waals surface area contributed by atoms with E-state index in [1.165, 1.54) is 24.4 Å². The van der Waals surface area contributed by atoms with Crippen LogP contribution in [0.25, 0.3) is 0 Å². The monoisotopic (exact) mass is 511 g/mol. The molecule has 3 amide bonds. The van der Waals surface area contributed by atoms with Crippen LogP contribution in [0.15, 0.2) is 53.5 Å². The summed E-state index contributed by atoms with van der Waals surface area (Å²) >= 11 is 3.17. The standard InChI is InChI=1S/C20H17BrF3N5O3/c1-11(22)19(32)29-9-12(7-20(23,24)10-29)17(30)26-13-5-6-16(25-8-13)28-18(31)14-3-2-4-15(21)27-14/h2-6,8,12H,1,7,9-10H2,(H,26,30)(H,25,28,31).